The van der Waals surface area contributed by atoms with E-state index < -0.39 is 0 Å². The maximum Gasteiger partial charge on any atom is 0.175 e. The fraction of sp³-hybridized carbons (Fsp3) is 0.308. The third kappa shape index (κ3) is 3.60. The highest BCUT2D eigenvalue weighted by molar-refractivity contribution is 9.10. The van der Waals surface area contributed by atoms with E-state index in [1.54, 1.807) is 12.1 Å². The molecule has 0 unspecified atom stereocenters. The van der Waals surface area contributed by atoms with Crippen molar-refractivity contribution in [1.29, 1.82) is 0 Å². The number of carbonyl (C=O) groups is 1. The molecule has 0 aliphatic rings. The zero-order chi connectivity index (χ0) is 12.8. The molecular weight excluding hydrogens is 284 g/mol. The van der Waals surface area contributed by atoms with Crippen molar-refractivity contribution in [3.05, 3.63) is 34.3 Å². The molecule has 0 heterocycles. The summed E-state index contributed by atoms with van der Waals surface area (Å²) >= 11 is 3.36. The largest absolute Gasteiger partial charge is 0.493 e. The average Bonchev–Trinajstić information content (AvgIpc) is 2.35. The number of methoxy groups -OCH3 is 1. The molecule has 0 aliphatic carbocycles. The molecule has 0 amide bonds. The van der Waals surface area contributed by atoms with Crippen LogP contribution in [0.5, 0.6) is 11.5 Å². The Hall–Kier alpha value is -1.29. The Bertz CT molecular complexity index is 427. The van der Waals surface area contributed by atoms with Gasteiger partial charge >= 0.3 is 0 Å². The molecule has 92 valence electrons. The van der Waals surface area contributed by atoms with Gasteiger partial charge in [-0.3, -0.25) is 4.79 Å². The van der Waals surface area contributed by atoms with Crippen LogP contribution in [0.1, 0.15) is 23.7 Å². The molecule has 3 nitrogen and oxygen atoms in total. The van der Waals surface area contributed by atoms with Gasteiger partial charge in [0.05, 0.1) is 11.6 Å². The lowest BCUT2D eigenvalue weighted by Crippen LogP contribution is -2.02. The highest BCUT2D eigenvalue weighted by Gasteiger charge is 2.11. The van der Waals surface area contributed by atoms with E-state index in [1.807, 2.05) is 6.92 Å². The van der Waals surface area contributed by atoms with Gasteiger partial charge in [-0.05, 0) is 40.1 Å². The fourth-order valence-electron chi connectivity index (χ4n) is 1.22. The standard InChI is InChI=1S/C13H15BrO3/c1-4-9(2)8-17-13-11(14)5-10(7-15)6-12(13)16-3/h5-7H,2,4,8H2,1,3H3. The lowest BCUT2D eigenvalue weighted by Gasteiger charge is -2.13. The van der Waals surface area contributed by atoms with Gasteiger partial charge in [0.15, 0.2) is 11.5 Å². The van der Waals surface area contributed by atoms with Crippen LogP contribution in [0.15, 0.2) is 28.8 Å². The van der Waals surface area contributed by atoms with Crippen molar-refractivity contribution in [3.8, 4) is 11.5 Å². The first-order valence-corrected chi connectivity index (χ1v) is 6.03. The number of rotatable bonds is 6. The minimum absolute atomic E-state index is 0.436. The molecule has 0 atom stereocenters. The van der Waals surface area contributed by atoms with Crippen LogP contribution in [-0.2, 0) is 0 Å². The van der Waals surface area contributed by atoms with Gasteiger partial charge in [-0.25, -0.2) is 0 Å². The minimum Gasteiger partial charge on any atom is -0.493 e. The van der Waals surface area contributed by atoms with Crippen molar-refractivity contribution >= 4 is 22.2 Å². The summed E-state index contributed by atoms with van der Waals surface area (Å²) in [5.41, 5.74) is 1.54. The summed E-state index contributed by atoms with van der Waals surface area (Å²) in [5, 5.41) is 0. The van der Waals surface area contributed by atoms with Gasteiger partial charge in [0, 0.05) is 5.56 Å². The van der Waals surface area contributed by atoms with E-state index in [4.69, 9.17) is 9.47 Å². The van der Waals surface area contributed by atoms with Crippen LogP contribution in [0.4, 0.5) is 0 Å². The highest BCUT2D eigenvalue weighted by Crippen LogP contribution is 2.36. The number of carbonyl (C=O) groups excluding carboxylic acids is 1. The molecule has 1 aromatic rings. The van der Waals surface area contributed by atoms with E-state index >= 15 is 0 Å². The second kappa shape index (κ2) is 6.45. The quantitative estimate of drug-likeness (QED) is 0.594. The molecular formula is C13H15BrO3. The molecule has 0 aliphatic heterocycles. The first-order valence-electron chi connectivity index (χ1n) is 5.24. The summed E-state index contributed by atoms with van der Waals surface area (Å²) in [4.78, 5) is 10.7. The van der Waals surface area contributed by atoms with Gasteiger partial charge in [-0.15, -0.1) is 0 Å². The maximum atomic E-state index is 10.7. The van der Waals surface area contributed by atoms with Crippen molar-refractivity contribution < 1.29 is 14.3 Å². The molecule has 0 saturated carbocycles. The number of ether oxygens (including phenoxy) is 2. The summed E-state index contributed by atoms with van der Waals surface area (Å²) in [6.45, 7) is 6.33. The Morgan fingerprint density at radius 3 is 2.76 bits per heavy atom. The Kier molecular flexibility index (Phi) is 5.22. The summed E-state index contributed by atoms with van der Waals surface area (Å²) in [6.07, 6.45) is 1.63. The number of hydrogen-bond donors (Lipinski definition) is 0. The minimum atomic E-state index is 0.436. The molecule has 0 bridgehead atoms. The van der Waals surface area contributed by atoms with Gasteiger partial charge < -0.3 is 9.47 Å². The van der Waals surface area contributed by atoms with E-state index in [9.17, 15) is 4.79 Å². The van der Waals surface area contributed by atoms with Gasteiger partial charge in [-0.1, -0.05) is 13.5 Å². The number of hydrogen-bond acceptors (Lipinski definition) is 3. The van der Waals surface area contributed by atoms with E-state index in [-0.39, 0.29) is 0 Å². The van der Waals surface area contributed by atoms with Gasteiger partial charge in [-0.2, -0.15) is 0 Å². The second-order valence-corrected chi connectivity index (χ2v) is 4.40. The zero-order valence-electron chi connectivity index (χ0n) is 9.96. The Morgan fingerprint density at radius 1 is 1.53 bits per heavy atom. The third-order valence-corrected chi connectivity index (χ3v) is 2.90. The third-order valence-electron chi connectivity index (χ3n) is 2.31. The lowest BCUT2D eigenvalue weighted by molar-refractivity contribution is 0.112. The molecule has 0 N–H and O–H groups in total. The van der Waals surface area contributed by atoms with Crippen molar-refractivity contribution in [2.24, 2.45) is 0 Å². The molecule has 0 saturated heterocycles. The van der Waals surface area contributed by atoms with Crippen LogP contribution in [0, 0.1) is 0 Å². The molecule has 0 fully saturated rings. The van der Waals surface area contributed by atoms with Crippen molar-refractivity contribution in [2.75, 3.05) is 13.7 Å². The SMILES string of the molecule is C=C(CC)COc1c(Br)cc(C=O)cc1OC. The predicted octanol–water partition coefficient (Wildman–Crippen LogP) is 3.62. The van der Waals surface area contributed by atoms with Gasteiger partial charge in [0.25, 0.3) is 0 Å². The monoisotopic (exact) mass is 298 g/mol. The predicted molar refractivity (Wildman–Crippen MR) is 71.0 cm³/mol. The first-order chi connectivity index (χ1) is 8.12. The van der Waals surface area contributed by atoms with Crippen LogP contribution in [0.25, 0.3) is 0 Å². The molecule has 4 heteroatoms. The molecule has 17 heavy (non-hydrogen) atoms. The van der Waals surface area contributed by atoms with Crippen molar-refractivity contribution in [2.45, 2.75) is 13.3 Å². The van der Waals surface area contributed by atoms with Gasteiger partial charge in [0.2, 0.25) is 0 Å². The summed E-state index contributed by atoms with van der Waals surface area (Å²) in [7, 11) is 1.54. The Morgan fingerprint density at radius 2 is 2.24 bits per heavy atom. The number of halogens is 1. The highest BCUT2D eigenvalue weighted by atomic mass is 79.9. The average molecular weight is 299 g/mol. The Balaban J connectivity index is 2.97. The Labute approximate surface area is 110 Å². The van der Waals surface area contributed by atoms with Crippen LogP contribution in [-0.4, -0.2) is 20.0 Å². The van der Waals surface area contributed by atoms with Crippen LogP contribution in [0.3, 0.4) is 0 Å². The van der Waals surface area contributed by atoms with E-state index in [0.717, 1.165) is 18.3 Å². The first kappa shape index (κ1) is 13.8. The number of benzene rings is 1. The van der Waals surface area contributed by atoms with Crippen LogP contribution >= 0.6 is 15.9 Å². The molecule has 0 aromatic heterocycles. The normalized spacial score (nSPS) is 9.82. The smallest absolute Gasteiger partial charge is 0.175 e. The summed E-state index contributed by atoms with van der Waals surface area (Å²) < 4.78 is 11.5. The second-order valence-electron chi connectivity index (χ2n) is 3.54. The molecule has 1 rings (SSSR count). The van der Waals surface area contributed by atoms with E-state index in [2.05, 4.69) is 22.5 Å². The summed E-state index contributed by atoms with van der Waals surface area (Å²) in [6, 6.07) is 3.33. The molecule has 1 aromatic carbocycles. The van der Waals surface area contributed by atoms with Crippen molar-refractivity contribution in [3.63, 3.8) is 0 Å². The molecule has 0 radical (unpaired) electrons. The van der Waals surface area contributed by atoms with Crippen LogP contribution in [0.2, 0.25) is 0 Å². The molecule has 0 spiro atoms. The zero-order valence-corrected chi connectivity index (χ0v) is 11.5. The van der Waals surface area contributed by atoms with Crippen molar-refractivity contribution in [1.82, 2.24) is 0 Å². The van der Waals surface area contributed by atoms with Gasteiger partial charge in [0.1, 0.15) is 12.9 Å². The van der Waals surface area contributed by atoms with Crippen LogP contribution < -0.4 is 9.47 Å². The number of aldehydes is 1. The summed E-state index contributed by atoms with van der Waals surface area (Å²) in [5.74, 6) is 1.12. The topological polar surface area (TPSA) is 35.5 Å². The maximum absolute atomic E-state index is 10.7. The lowest BCUT2D eigenvalue weighted by atomic mass is 10.2. The fourth-order valence-corrected chi connectivity index (χ4v) is 1.80. The van der Waals surface area contributed by atoms with E-state index in [1.165, 1.54) is 7.11 Å². The van der Waals surface area contributed by atoms with E-state index in [0.29, 0.717) is 28.1 Å².